The maximum absolute atomic E-state index is 6.30. The van der Waals surface area contributed by atoms with Crippen LogP contribution in [-0.2, 0) is 0 Å². The van der Waals surface area contributed by atoms with Crippen molar-refractivity contribution in [2.24, 2.45) is 0 Å². The van der Waals surface area contributed by atoms with E-state index in [9.17, 15) is 0 Å². The van der Waals surface area contributed by atoms with E-state index >= 15 is 0 Å². The summed E-state index contributed by atoms with van der Waals surface area (Å²) in [5.41, 5.74) is 17.8. The van der Waals surface area contributed by atoms with Gasteiger partial charge in [0, 0.05) is 44.2 Å². The monoisotopic (exact) mass is 904 g/mol. The van der Waals surface area contributed by atoms with Gasteiger partial charge in [-0.05, 0) is 145 Å². The minimum atomic E-state index is 0.894. The largest absolute Gasteiger partial charge is 0.456 e. The first kappa shape index (κ1) is 40.6. The third-order valence-corrected chi connectivity index (χ3v) is 14.4. The Balaban J connectivity index is 0.842. The van der Waals surface area contributed by atoms with Crippen molar-refractivity contribution in [3.8, 4) is 50.2 Å². The van der Waals surface area contributed by atoms with E-state index < -0.39 is 0 Å². The van der Waals surface area contributed by atoms with Gasteiger partial charge in [0.1, 0.15) is 11.2 Å². The van der Waals surface area contributed by atoms with Gasteiger partial charge in [-0.15, -0.1) is 0 Å². The van der Waals surface area contributed by atoms with Gasteiger partial charge in [-0.25, -0.2) is 0 Å². The van der Waals surface area contributed by atoms with Crippen molar-refractivity contribution >= 4 is 82.4 Å². The number of hydrogen-bond acceptors (Lipinski definition) is 2. The maximum atomic E-state index is 6.30. The number of rotatable bonds is 8. The average molecular weight is 905 g/mol. The molecular formula is C68H44N2O. The Kier molecular flexibility index (Phi) is 9.53. The molecule has 0 aliphatic rings. The highest BCUT2D eigenvalue weighted by Crippen LogP contribution is 2.44. The Hall–Kier alpha value is -9.44. The van der Waals surface area contributed by atoms with Crippen LogP contribution >= 0.6 is 0 Å². The Morgan fingerprint density at radius 1 is 0.282 bits per heavy atom. The molecule has 0 saturated carbocycles. The van der Waals surface area contributed by atoms with Gasteiger partial charge in [-0.2, -0.15) is 0 Å². The van der Waals surface area contributed by atoms with Gasteiger partial charge < -0.3 is 13.9 Å². The molecule has 0 bridgehead atoms. The standard InChI is InChI=1S/C68H44N2O/c1-2-18-57-47(13-1)27-28-52-42-53(34-39-58(52)57)59-19-3-7-23-64(59)69(55-37-31-46(32-38-55)51-33-40-63-62-22-6-10-26-67(62)71-68(63)44-51)54-35-29-45(30-36-54)48-14-11-15-49(41-48)50-16-12-17-56(43-50)70-65-24-8-4-20-60(65)61-21-5-9-25-66(61)70/h1-44H. The van der Waals surface area contributed by atoms with Crippen LogP contribution in [0.25, 0.3) is 115 Å². The first-order valence-electron chi connectivity index (χ1n) is 24.3. The first-order valence-corrected chi connectivity index (χ1v) is 24.3. The molecule has 0 saturated heterocycles. The lowest BCUT2D eigenvalue weighted by atomic mass is 9.95. The zero-order valence-corrected chi connectivity index (χ0v) is 38.7. The van der Waals surface area contributed by atoms with Gasteiger partial charge in [0.2, 0.25) is 0 Å². The zero-order chi connectivity index (χ0) is 46.8. The molecular weight excluding hydrogens is 861 g/mol. The molecule has 2 heterocycles. The summed E-state index contributed by atoms with van der Waals surface area (Å²) in [6.45, 7) is 0. The summed E-state index contributed by atoms with van der Waals surface area (Å²) in [6, 6.07) is 96.8. The van der Waals surface area contributed by atoms with Crippen LogP contribution in [0.15, 0.2) is 271 Å². The molecule has 0 aliphatic heterocycles. The van der Waals surface area contributed by atoms with Crippen molar-refractivity contribution in [1.29, 1.82) is 0 Å². The van der Waals surface area contributed by atoms with E-state index in [0.29, 0.717) is 0 Å². The molecule has 0 aliphatic carbocycles. The fourth-order valence-electron chi connectivity index (χ4n) is 10.9. The smallest absolute Gasteiger partial charge is 0.136 e. The molecule has 3 nitrogen and oxygen atoms in total. The number of nitrogens with zero attached hydrogens (tertiary/aromatic N) is 2. The number of aromatic nitrogens is 1. The van der Waals surface area contributed by atoms with Gasteiger partial charge in [-0.3, -0.25) is 0 Å². The summed E-state index contributed by atoms with van der Waals surface area (Å²) in [5.74, 6) is 0. The SMILES string of the molecule is c1cc(-c2ccc(N(c3ccc(-c4ccc5c(c4)oc4ccccc45)cc3)c3ccccc3-c3ccc4c(ccc5ccccc54)c3)cc2)cc(-c2cccc(-n3c4ccccc4c4ccccc43)c2)c1. The van der Waals surface area contributed by atoms with Crippen LogP contribution in [0.5, 0.6) is 0 Å². The van der Waals surface area contributed by atoms with Gasteiger partial charge >= 0.3 is 0 Å². The molecule has 14 rings (SSSR count). The predicted molar refractivity (Wildman–Crippen MR) is 299 cm³/mol. The highest BCUT2D eigenvalue weighted by Gasteiger charge is 2.19. The lowest BCUT2D eigenvalue weighted by Gasteiger charge is -2.28. The van der Waals surface area contributed by atoms with E-state index in [4.69, 9.17) is 4.42 Å². The summed E-state index contributed by atoms with van der Waals surface area (Å²) in [6.07, 6.45) is 0. The second kappa shape index (κ2) is 16.7. The predicted octanol–water partition coefficient (Wildman–Crippen LogP) is 19.1. The highest BCUT2D eigenvalue weighted by molar-refractivity contribution is 6.10. The van der Waals surface area contributed by atoms with Crippen LogP contribution in [0.1, 0.15) is 0 Å². The topological polar surface area (TPSA) is 21.3 Å². The number of fused-ring (bicyclic) bond motifs is 9. The summed E-state index contributed by atoms with van der Waals surface area (Å²) >= 11 is 0. The van der Waals surface area contributed by atoms with Crippen molar-refractivity contribution in [2.45, 2.75) is 0 Å². The molecule has 71 heavy (non-hydrogen) atoms. The number of hydrogen-bond donors (Lipinski definition) is 0. The molecule has 0 amide bonds. The van der Waals surface area contributed by atoms with Gasteiger partial charge in [-0.1, -0.05) is 182 Å². The Morgan fingerprint density at radius 3 is 1.54 bits per heavy atom. The molecule has 0 fully saturated rings. The van der Waals surface area contributed by atoms with Gasteiger partial charge in [0.05, 0.1) is 16.7 Å². The molecule has 0 unspecified atom stereocenters. The molecule has 0 spiro atoms. The fraction of sp³-hybridized carbons (Fsp3) is 0. The van der Waals surface area contributed by atoms with Crippen LogP contribution in [0.2, 0.25) is 0 Å². The Bertz CT molecular complexity index is 4290. The molecule has 0 N–H and O–H groups in total. The molecule has 0 atom stereocenters. The van der Waals surface area contributed by atoms with Gasteiger partial charge in [0.25, 0.3) is 0 Å². The number of para-hydroxylation sites is 4. The lowest BCUT2D eigenvalue weighted by molar-refractivity contribution is 0.669. The normalized spacial score (nSPS) is 11.7. The fourth-order valence-corrected chi connectivity index (χ4v) is 10.9. The number of anilines is 3. The summed E-state index contributed by atoms with van der Waals surface area (Å²) in [7, 11) is 0. The quantitative estimate of drug-likeness (QED) is 0.142. The van der Waals surface area contributed by atoms with E-state index in [1.54, 1.807) is 0 Å². The summed E-state index contributed by atoms with van der Waals surface area (Å²) in [4.78, 5) is 2.40. The van der Waals surface area contributed by atoms with Crippen molar-refractivity contribution in [3.05, 3.63) is 267 Å². The van der Waals surface area contributed by atoms with Crippen LogP contribution < -0.4 is 4.90 Å². The van der Waals surface area contributed by atoms with Crippen molar-refractivity contribution in [2.75, 3.05) is 4.90 Å². The van der Waals surface area contributed by atoms with Crippen molar-refractivity contribution in [1.82, 2.24) is 4.57 Å². The van der Waals surface area contributed by atoms with E-state index in [1.807, 2.05) is 12.1 Å². The molecule has 0 radical (unpaired) electrons. The molecule has 332 valence electrons. The van der Waals surface area contributed by atoms with Crippen molar-refractivity contribution < 1.29 is 4.42 Å². The zero-order valence-electron chi connectivity index (χ0n) is 38.7. The third kappa shape index (κ3) is 6.97. The first-order chi connectivity index (χ1) is 35.2. The second-order valence-electron chi connectivity index (χ2n) is 18.5. The molecule has 12 aromatic carbocycles. The van der Waals surface area contributed by atoms with Gasteiger partial charge in [0.15, 0.2) is 0 Å². The molecule has 14 aromatic rings. The van der Waals surface area contributed by atoms with Crippen LogP contribution in [0, 0.1) is 0 Å². The summed E-state index contributed by atoms with van der Waals surface area (Å²) < 4.78 is 8.69. The minimum Gasteiger partial charge on any atom is -0.456 e. The Morgan fingerprint density at radius 2 is 0.789 bits per heavy atom. The lowest BCUT2D eigenvalue weighted by Crippen LogP contribution is -2.11. The highest BCUT2D eigenvalue weighted by atomic mass is 16.3. The van der Waals surface area contributed by atoms with Crippen LogP contribution in [0.3, 0.4) is 0 Å². The number of furan rings is 1. The number of benzene rings is 12. The Labute approximate surface area is 411 Å². The van der Waals surface area contributed by atoms with Crippen LogP contribution in [-0.4, -0.2) is 4.57 Å². The maximum Gasteiger partial charge on any atom is 0.136 e. The van der Waals surface area contributed by atoms with E-state index in [2.05, 4.69) is 264 Å². The van der Waals surface area contributed by atoms with Crippen molar-refractivity contribution in [3.63, 3.8) is 0 Å². The van der Waals surface area contributed by atoms with E-state index in [0.717, 1.165) is 72.5 Å². The summed E-state index contributed by atoms with van der Waals surface area (Å²) in [5, 5.41) is 9.79. The average Bonchev–Trinajstić information content (AvgIpc) is 3.99. The third-order valence-electron chi connectivity index (χ3n) is 14.4. The minimum absolute atomic E-state index is 0.894. The van der Waals surface area contributed by atoms with E-state index in [-0.39, 0.29) is 0 Å². The van der Waals surface area contributed by atoms with E-state index in [1.165, 1.54) is 60.0 Å². The van der Waals surface area contributed by atoms with Crippen LogP contribution in [0.4, 0.5) is 17.1 Å². The molecule has 2 aromatic heterocycles. The second-order valence-corrected chi connectivity index (χ2v) is 18.5. The molecule has 3 heteroatoms.